The van der Waals surface area contributed by atoms with E-state index < -0.39 is 0 Å². The smallest absolute Gasteiger partial charge is 0.319 e. The summed E-state index contributed by atoms with van der Waals surface area (Å²) in [4.78, 5) is 13.3. The second kappa shape index (κ2) is 5.97. The molecule has 0 aliphatic rings. The molecule has 2 N–H and O–H groups in total. The molecule has 0 bridgehead atoms. The van der Waals surface area contributed by atoms with Gasteiger partial charge in [-0.05, 0) is 29.8 Å². The van der Waals surface area contributed by atoms with E-state index in [1.165, 1.54) is 0 Å². The van der Waals surface area contributed by atoms with Crippen molar-refractivity contribution in [2.75, 3.05) is 5.32 Å². The van der Waals surface area contributed by atoms with Crippen molar-refractivity contribution in [3.05, 3.63) is 64.9 Å². The Bertz CT molecular complexity index is 747. The zero-order valence-corrected chi connectivity index (χ0v) is 12.5. The standard InChI is InChI=1S/C17H16N2OS/c1-12(16-10-5-11-21-16)18-17(20)19-15-9-4-7-13-6-2-3-8-14(13)15/h2-12H,1H3,(H2,18,19,20). The number of carbonyl (C=O) groups is 1. The maximum Gasteiger partial charge on any atom is 0.319 e. The van der Waals surface area contributed by atoms with Gasteiger partial charge in [0.25, 0.3) is 0 Å². The summed E-state index contributed by atoms with van der Waals surface area (Å²) in [6, 6.07) is 17.7. The molecule has 1 atom stereocenters. The van der Waals surface area contributed by atoms with E-state index in [0.29, 0.717) is 0 Å². The third kappa shape index (κ3) is 3.06. The van der Waals surface area contributed by atoms with E-state index in [1.807, 2.05) is 66.9 Å². The number of benzene rings is 2. The average molecular weight is 296 g/mol. The van der Waals surface area contributed by atoms with E-state index in [1.54, 1.807) is 11.3 Å². The number of carbonyl (C=O) groups excluding carboxylic acids is 1. The van der Waals surface area contributed by atoms with Crippen molar-refractivity contribution in [2.24, 2.45) is 0 Å². The van der Waals surface area contributed by atoms with Gasteiger partial charge >= 0.3 is 6.03 Å². The van der Waals surface area contributed by atoms with Crippen LogP contribution in [0.1, 0.15) is 17.8 Å². The largest absolute Gasteiger partial charge is 0.331 e. The molecular formula is C17H16N2OS. The summed E-state index contributed by atoms with van der Waals surface area (Å²) in [5, 5.41) is 10.1. The SMILES string of the molecule is CC(NC(=O)Nc1cccc2ccccc12)c1cccs1. The molecule has 3 nitrogen and oxygen atoms in total. The van der Waals surface area contributed by atoms with Crippen molar-refractivity contribution in [2.45, 2.75) is 13.0 Å². The van der Waals surface area contributed by atoms with Gasteiger partial charge in [0, 0.05) is 10.3 Å². The van der Waals surface area contributed by atoms with Crippen LogP contribution in [0.2, 0.25) is 0 Å². The van der Waals surface area contributed by atoms with Gasteiger partial charge in [0.15, 0.2) is 0 Å². The summed E-state index contributed by atoms with van der Waals surface area (Å²) in [6.07, 6.45) is 0. The maximum absolute atomic E-state index is 12.1. The molecule has 1 heterocycles. The van der Waals surface area contributed by atoms with Crippen LogP contribution in [0.4, 0.5) is 10.5 Å². The Labute approximate surface area is 127 Å². The first-order valence-electron chi connectivity index (χ1n) is 6.83. The number of amides is 2. The summed E-state index contributed by atoms with van der Waals surface area (Å²) in [5.41, 5.74) is 0.823. The molecule has 1 aromatic heterocycles. The molecule has 0 aliphatic heterocycles. The first-order valence-corrected chi connectivity index (χ1v) is 7.71. The monoisotopic (exact) mass is 296 g/mol. The van der Waals surface area contributed by atoms with Crippen LogP contribution in [0.25, 0.3) is 10.8 Å². The average Bonchev–Trinajstić information content (AvgIpc) is 3.02. The number of fused-ring (bicyclic) bond motifs is 1. The van der Waals surface area contributed by atoms with Crippen molar-refractivity contribution in [3.63, 3.8) is 0 Å². The molecule has 1 unspecified atom stereocenters. The molecule has 21 heavy (non-hydrogen) atoms. The molecule has 0 radical (unpaired) electrons. The molecule has 2 amide bonds. The molecule has 0 spiro atoms. The number of rotatable bonds is 3. The lowest BCUT2D eigenvalue weighted by Gasteiger charge is -2.14. The normalized spacial score (nSPS) is 12.0. The Balaban J connectivity index is 1.75. The molecule has 0 saturated heterocycles. The van der Waals surface area contributed by atoms with Crippen LogP contribution in [0, 0.1) is 0 Å². The lowest BCUT2D eigenvalue weighted by molar-refractivity contribution is 0.249. The van der Waals surface area contributed by atoms with E-state index in [-0.39, 0.29) is 12.1 Å². The van der Waals surface area contributed by atoms with Gasteiger partial charge in [0.1, 0.15) is 0 Å². The molecule has 3 rings (SSSR count). The highest BCUT2D eigenvalue weighted by Crippen LogP contribution is 2.23. The Hall–Kier alpha value is -2.33. The Morgan fingerprint density at radius 1 is 1.05 bits per heavy atom. The third-order valence-electron chi connectivity index (χ3n) is 3.36. The number of hydrogen-bond acceptors (Lipinski definition) is 2. The predicted octanol–water partition coefficient (Wildman–Crippen LogP) is 4.78. The minimum Gasteiger partial charge on any atom is -0.331 e. The highest BCUT2D eigenvalue weighted by Gasteiger charge is 2.11. The fourth-order valence-corrected chi connectivity index (χ4v) is 3.03. The van der Waals surface area contributed by atoms with Gasteiger partial charge in [-0.1, -0.05) is 42.5 Å². The van der Waals surface area contributed by atoms with Crippen LogP contribution in [-0.4, -0.2) is 6.03 Å². The summed E-state index contributed by atoms with van der Waals surface area (Å²) < 4.78 is 0. The molecule has 0 fully saturated rings. The Morgan fingerprint density at radius 2 is 1.86 bits per heavy atom. The van der Waals surface area contributed by atoms with Crippen molar-refractivity contribution < 1.29 is 4.79 Å². The van der Waals surface area contributed by atoms with Gasteiger partial charge in [0.05, 0.1) is 11.7 Å². The fraction of sp³-hybridized carbons (Fsp3) is 0.118. The highest BCUT2D eigenvalue weighted by molar-refractivity contribution is 7.10. The topological polar surface area (TPSA) is 41.1 Å². The maximum atomic E-state index is 12.1. The van der Waals surface area contributed by atoms with Gasteiger partial charge in [-0.2, -0.15) is 0 Å². The third-order valence-corrected chi connectivity index (χ3v) is 4.41. The number of thiophene rings is 1. The molecule has 0 saturated carbocycles. The van der Waals surface area contributed by atoms with Crippen molar-refractivity contribution >= 4 is 33.8 Å². The first kappa shape index (κ1) is 13.6. The van der Waals surface area contributed by atoms with Crippen LogP contribution >= 0.6 is 11.3 Å². The van der Waals surface area contributed by atoms with Crippen molar-refractivity contribution in [1.29, 1.82) is 0 Å². The van der Waals surface area contributed by atoms with Gasteiger partial charge in [-0.15, -0.1) is 11.3 Å². The second-order valence-electron chi connectivity index (χ2n) is 4.86. The Kier molecular flexibility index (Phi) is 3.88. The second-order valence-corrected chi connectivity index (χ2v) is 5.84. The number of hydrogen-bond donors (Lipinski definition) is 2. The van der Waals surface area contributed by atoms with E-state index >= 15 is 0 Å². The van der Waals surface area contributed by atoms with Crippen LogP contribution < -0.4 is 10.6 Å². The van der Waals surface area contributed by atoms with Crippen LogP contribution in [0.15, 0.2) is 60.0 Å². The van der Waals surface area contributed by atoms with Gasteiger partial charge in [-0.3, -0.25) is 0 Å². The van der Waals surface area contributed by atoms with Crippen LogP contribution in [-0.2, 0) is 0 Å². The minimum atomic E-state index is -0.188. The first-order chi connectivity index (χ1) is 10.2. The number of urea groups is 1. The van der Waals surface area contributed by atoms with E-state index in [0.717, 1.165) is 21.3 Å². The molecule has 2 aromatic carbocycles. The summed E-state index contributed by atoms with van der Waals surface area (Å²) in [7, 11) is 0. The molecular weight excluding hydrogens is 280 g/mol. The van der Waals surface area contributed by atoms with E-state index in [2.05, 4.69) is 10.6 Å². The van der Waals surface area contributed by atoms with Gasteiger partial charge in [0.2, 0.25) is 0 Å². The zero-order chi connectivity index (χ0) is 14.7. The summed E-state index contributed by atoms with van der Waals surface area (Å²) in [5.74, 6) is 0. The minimum absolute atomic E-state index is 0.0000218. The van der Waals surface area contributed by atoms with Crippen molar-refractivity contribution in [3.8, 4) is 0 Å². The fourth-order valence-electron chi connectivity index (χ4n) is 2.30. The summed E-state index contributed by atoms with van der Waals surface area (Å²) >= 11 is 1.64. The molecule has 4 heteroatoms. The van der Waals surface area contributed by atoms with Crippen molar-refractivity contribution in [1.82, 2.24) is 5.32 Å². The number of anilines is 1. The highest BCUT2D eigenvalue weighted by atomic mass is 32.1. The molecule has 3 aromatic rings. The molecule has 0 aliphatic carbocycles. The van der Waals surface area contributed by atoms with E-state index in [9.17, 15) is 4.79 Å². The number of nitrogens with one attached hydrogen (secondary N) is 2. The van der Waals surface area contributed by atoms with Crippen LogP contribution in [0.3, 0.4) is 0 Å². The van der Waals surface area contributed by atoms with Gasteiger partial charge in [-0.25, -0.2) is 4.79 Å². The molecule has 106 valence electrons. The predicted molar refractivity (Wildman–Crippen MR) is 88.8 cm³/mol. The van der Waals surface area contributed by atoms with E-state index in [4.69, 9.17) is 0 Å². The quantitative estimate of drug-likeness (QED) is 0.717. The van der Waals surface area contributed by atoms with Crippen LogP contribution in [0.5, 0.6) is 0 Å². The lowest BCUT2D eigenvalue weighted by Crippen LogP contribution is -2.30. The summed E-state index contributed by atoms with van der Waals surface area (Å²) in [6.45, 7) is 1.98. The Morgan fingerprint density at radius 3 is 2.67 bits per heavy atom. The lowest BCUT2D eigenvalue weighted by atomic mass is 10.1. The zero-order valence-electron chi connectivity index (χ0n) is 11.7. The van der Waals surface area contributed by atoms with Gasteiger partial charge < -0.3 is 10.6 Å².